The Morgan fingerprint density at radius 3 is 2.69 bits per heavy atom. The lowest BCUT2D eigenvalue weighted by Gasteiger charge is -2.38. The number of rotatable bonds is 4. The Bertz CT molecular complexity index is 815. The maximum Gasteiger partial charge on any atom is 0.251 e. The zero-order valence-electron chi connectivity index (χ0n) is 16.0. The van der Waals surface area contributed by atoms with Crippen LogP contribution in [0.2, 0.25) is 0 Å². The van der Waals surface area contributed by atoms with Gasteiger partial charge in [-0.25, -0.2) is 0 Å². The van der Waals surface area contributed by atoms with Crippen LogP contribution in [0.5, 0.6) is 11.5 Å². The van der Waals surface area contributed by atoms with Crippen LogP contribution >= 0.6 is 0 Å². The summed E-state index contributed by atoms with van der Waals surface area (Å²) in [7, 11) is 5.55. The molecule has 0 spiro atoms. The van der Waals surface area contributed by atoms with Gasteiger partial charge in [0, 0.05) is 43.4 Å². The summed E-state index contributed by atoms with van der Waals surface area (Å²) >= 11 is 0. The predicted molar refractivity (Wildman–Crippen MR) is 103 cm³/mol. The van der Waals surface area contributed by atoms with E-state index in [0.29, 0.717) is 12.0 Å². The van der Waals surface area contributed by atoms with Gasteiger partial charge in [0.1, 0.15) is 17.1 Å². The second-order valence-corrected chi connectivity index (χ2v) is 7.44. The molecular weight excluding hydrogens is 328 g/mol. The number of benzene rings is 2. The molecule has 2 aromatic carbocycles. The van der Waals surface area contributed by atoms with E-state index in [1.54, 1.807) is 7.11 Å². The number of amides is 1. The van der Waals surface area contributed by atoms with Crippen LogP contribution < -0.4 is 19.7 Å². The third-order valence-electron chi connectivity index (χ3n) is 4.61. The van der Waals surface area contributed by atoms with Crippen LogP contribution in [0.1, 0.15) is 42.2 Å². The summed E-state index contributed by atoms with van der Waals surface area (Å²) < 4.78 is 11.4. The van der Waals surface area contributed by atoms with Crippen molar-refractivity contribution in [1.29, 1.82) is 0 Å². The van der Waals surface area contributed by atoms with Gasteiger partial charge in [-0.05, 0) is 44.2 Å². The largest absolute Gasteiger partial charge is 0.497 e. The van der Waals surface area contributed by atoms with E-state index in [1.165, 1.54) is 0 Å². The second-order valence-electron chi connectivity index (χ2n) is 7.44. The Balaban J connectivity index is 1.87. The topological polar surface area (TPSA) is 50.8 Å². The number of nitrogens with zero attached hydrogens (tertiary/aromatic N) is 1. The Labute approximate surface area is 154 Å². The SMILES string of the molecule is COc1ccc2c(c1)OC(C)(C)C[C@H]2NC(=O)c1cccc(N(C)C)c1. The van der Waals surface area contributed by atoms with Crippen molar-refractivity contribution < 1.29 is 14.3 Å². The van der Waals surface area contributed by atoms with Crippen molar-refractivity contribution in [3.05, 3.63) is 53.6 Å². The average Bonchev–Trinajstić information content (AvgIpc) is 2.60. The molecule has 5 heteroatoms. The van der Waals surface area contributed by atoms with Crippen molar-refractivity contribution in [1.82, 2.24) is 5.32 Å². The van der Waals surface area contributed by atoms with E-state index < -0.39 is 0 Å². The molecule has 0 unspecified atom stereocenters. The minimum Gasteiger partial charge on any atom is -0.497 e. The molecule has 26 heavy (non-hydrogen) atoms. The molecular formula is C21H26N2O3. The first kappa shape index (κ1) is 18.1. The molecule has 2 aromatic rings. The van der Waals surface area contributed by atoms with E-state index in [0.717, 1.165) is 22.7 Å². The van der Waals surface area contributed by atoms with Crippen molar-refractivity contribution in [3.63, 3.8) is 0 Å². The van der Waals surface area contributed by atoms with Crippen molar-refractivity contribution >= 4 is 11.6 Å². The molecule has 0 saturated heterocycles. The van der Waals surface area contributed by atoms with Gasteiger partial charge in [0.25, 0.3) is 5.91 Å². The number of anilines is 1. The molecule has 1 aliphatic heterocycles. The minimum absolute atomic E-state index is 0.0850. The molecule has 0 aromatic heterocycles. The standard InChI is InChI=1S/C21H26N2O3/c1-21(2)13-18(17-10-9-16(25-5)12-19(17)26-21)22-20(24)14-7-6-8-15(11-14)23(3)4/h6-12,18H,13H2,1-5H3,(H,22,24)/t18-/m1/s1. The molecule has 0 aliphatic carbocycles. The summed E-state index contributed by atoms with van der Waals surface area (Å²) in [6.45, 7) is 4.06. The number of nitrogens with one attached hydrogen (secondary N) is 1. The number of methoxy groups -OCH3 is 1. The third-order valence-corrected chi connectivity index (χ3v) is 4.61. The van der Waals surface area contributed by atoms with Crippen LogP contribution in [-0.2, 0) is 0 Å². The van der Waals surface area contributed by atoms with Crippen LogP contribution in [0.4, 0.5) is 5.69 Å². The molecule has 1 aliphatic rings. The predicted octanol–water partition coefficient (Wildman–Crippen LogP) is 3.79. The van der Waals surface area contributed by atoms with E-state index in [1.807, 2.05) is 75.3 Å². The smallest absolute Gasteiger partial charge is 0.251 e. The Kier molecular flexibility index (Phi) is 4.81. The monoisotopic (exact) mass is 354 g/mol. The van der Waals surface area contributed by atoms with E-state index in [-0.39, 0.29) is 17.6 Å². The summed E-state index contributed by atoms with van der Waals surface area (Å²) in [5.41, 5.74) is 2.25. The zero-order valence-corrected chi connectivity index (χ0v) is 16.0. The highest BCUT2D eigenvalue weighted by atomic mass is 16.5. The van der Waals surface area contributed by atoms with Crippen molar-refractivity contribution in [2.45, 2.75) is 31.9 Å². The molecule has 5 nitrogen and oxygen atoms in total. The van der Waals surface area contributed by atoms with Gasteiger partial charge in [-0.3, -0.25) is 4.79 Å². The van der Waals surface area contributed by atoms with E-state index >= 15 is 0 Å². The van der Waals surface area contributed by atoms with Crippen LogP contribution in [0.3, 0.4) is 0 Å². The summed E-state index contributed by atoms with van der Waals surface area (Å²) in [6, 6.07) is 13.2. The fourth-order valence-electron chi connectivity index (χ4n) is 3.25. The number of hydrogen-bond acceptors (Lipinski definition) is 4. The maximum atomic E-state index is 12.8. The third kappa shape index (κ3) is 3.77. The lowest BCUT2D eigenvalue weighted by atomic mass is 9.89. The lowest BCUT2D eigenvalue weighted by molar-refractivity contribution is 0.0617. The molecule has 0 saturated carbocycles. The number of fused-ring (bicyclic) bond motifs is 1. The summed E-state index contributed by atoms with van der Waals surface area (Å²) in [5, 5.41) is 3.17. The van der Waals surface area contributed by atoms with Gasteiger partial charge in [0.2, 0.25) is 0 Å². The van der Waals surface area contributed by atoms with Gasteiger partial charge in [0.05, 0.1) is 13.2 Å². The number of carbonyl (C=O) groups excluding carboxylic acids is 1. The summed E-state index contributed by atoms with van der Waals surface area (Å²) in [5.74, 6) is 1.41. The molecule has 138 valence electrons. The van der Waals surface area contributed by atoms with Gasteiger partial charge in [0.15, 0.2) is 0 Å². The summed E-state index contributed by atoms with van der Waals surface area (Å²) in [4.78, 5) is 14.8. The molecule has 1 atom stereocenters. The van der Waals surface area contributed by atoms with Gasteiger partial charge >= 0.3 is 0 Å². The second kappa shape index (κ2) is 6.90. The normalized spacial score (nSPS) is 17.7. The van der Waals surface area contributed by atoms with Crippen LogP contribution in [-0.4, -0.2) is 32.7 Å². The summed E-state index contributed by atoms with van der Waals surface area (Å²) in [6.07, 6.45) is 0.700. The number of ether oxygens (including phenoxy) is 2. The van der Waals surface area contributed by atoms with Crippen molar-refractivity contribution in [2.24, 2.45) is 0 Å². The molecule has 1 amide bonds. The molecule has 0 fully saturated rings. The first-order chi connectivity index (χ1) is 12.3. The van der Waals surface area contributed by atoms with Gasteiger partial charge < -0.3 is 19.7 Å². The van der Waals surface area contributed by atoms with Crippen LogP contribution in [0.25, 0.3) is 0 Å². The number of hydrogen-bond donors (Lipinski definition) is 1. The van der Waals surface area contributed by atoms with Gasteiger partial charge in [-0.15, -0.1) is 0 Å². The van der Waals surface area contributed by atoms with Crippen LogP contribution in [0.15, 0.2) is 42.5 Å². The molecule has 0 radical (unpaired) electrons. The minimum atomic E-state index is -0.372. The first-order valence-electron chi connectivity index (χ1n) is 8.74. The fraction of sp³-hybridized carbons (Fsp3) is 0.381. The van der Waals surface area contributed by atoms with Gasteiger partial charge in [-0.1, -0.05) is 6.07 Å². The van der Waals surface area contributed by atoms with Crippen LogP contribution in [0, 0.1) is 0 Å². The Hall–Kier alpha value is -2.69. The highest BCUT2D eigenvalue weighted by Gasteiger charge is 2.35. The van der Waals surface area contributed by atoms with E-state index in [2.05, 4.69) is 5.32 Å². The highest BCUT2D eigenvalue weighted by molar-refractivity contribution is 5.95. The average molecular weight is 354 g/mol. The maximum absolute atomic E-state index is 12.8. The molecule has 3 rings (SSSR count). The fourth-order valence-corrected chi connectivity index (χ4v) is 3.25. The quantitative estimate of drug-likeness (QED) is 0.907. The van der Waals surface area contributed by atoms with E-state index in [4.69, 9.17) is 9.47 Å². The lowest BCUT2D eigenvalue weighted by Crippen LogP contribution is -2.41. The number of carbonyl (C=O) groups is 1. The molecule has 1 N–H and O–H groups in total. The first-order valence-corrected chi connectivity index (χ1v) is 8.74. The Morgan fingerprint density at radius 1 is 1.23 bits per heavy atom. The molecule has 0 bridgehead atoms. The van der Waals surface area contributed by atoms with E-state index in [9.17, 15) is 4.79 Å². The van der Waals surface area contributed by atoms with Crippen molar-refractivity contribution in [2.75, 3.05) is 26.1 Å². The van der Waals surface area contributed by atoms with Gasteiger partial charge in [-0.2, -0.15) is 0 Å². The highest BCUT2D eigenvalue weighted by Crippen LogP contribution is 2.41. The molecule has 1 heterocycles. The zero-order chi connectivity index (χ0) is 18.9. The van der Waals surface area contributed by atoms with Crippen molar-refractivity contribution in [3.8, 4) is 11.5 Å². The Morgan fingerprint density at radius 2 is 2.00 bits per heavy atom.